The van der Waals surface area contributed by atoms with E-state index in [0.717, 1.165) is 18.7 Å². The van der Waals surface area contributed by atoms with Crippen LogP contribution in [0.1, 0.15) is 6.42 Å². The molecule has 2 N–H and O–H groups in total. The molecule has 1 rings (SSSR count). The summed E-state index contributed by atoms with van der Waals surface area (Å²) < 4.78 is 15.4. The third-order valence-corrected chi connectivity index (χ3v) is 2.70. The standard InChI is InChI=1S/C13H20N2O3S/c1-16-8-4-7-14-13(19)15-10-5-6-11(17-2)12(9-10)18-3/h5-6,9H,4,7-8H2,1-3H3,(H2,14,15,19). The molecule has 1 aromatic carbocycles. The van der Waals surface area contributed by atoms with Gasteiger partial charge in [0.15, 0.2) is 16.6 Å². The lowest BCUT2D eigenvalue weighted by atomic mass is 10.3. The van der Waals surface area contributed by atoms with E-state index in [2.05, 4.69) is 10.6 Å². The minimum atomic E-state index is 0.573. The van der Waals surface area contributed by atoms with Crippen molar-refractivity contribution in [1.82, 2.24) is 5.32 Å². The van der Waals surface area contributed by atoms with E-state index in [9.17, 15) is 0 Å². The van der Waals surface area contributed by atoms with E-state index in [-0.39, 0.29) is 0 Å². The van der Waals surface area contributed by atoms with Gasteiger partial charge >= 0.3 is 0 Å². The SMILES string of the molecule is COCCCNC(=S)Nc1ccc(OC)c(OC)c1. The van der Waals surface area contributed by atoms with Crippen LogP contribution in [-0.4, -0.2) is 39.6 Å². The molecule has 0 fully saturated rings. The fraction of sp³-hybridized carbons (Fsp3) is 0.462. The Morgan fingerprint density at radius 3 is 2.53 bits per heavy atom. The Bertz CT molecular complexity index is 413. The number of anilines is 1. The monoisotopic (exact) mass is 284 g/mol. The Balaban J connectivity index is 2.50. The second-order valence-corrected chi connectivity index (χ2v) is 4.21. The number of ether oxygens (including phenoxy) is 3. The molecule has 0 saturated carbocycles. The number of nitrogens with one attached hydrogen (secondary N) is 2. The van der Waals surface area contributed by atoms with Crippen molar-refractivity contribution in [3.63, 3.8) is 0 Å². The van der Waals surface area contributed by atoms with Crippen molar-refractivity contribution in [2.75, 3.05) is 39.8 Å². The average molecular weight is 284 g/mol. The van der Waals surface area contributed by atoms with Crippen LogP contribution in [0.4, 0.5) is 5.69 Å². The average Bonchev–Trinajstić information content (AvgIpc) is 2.43. The molecule has 6 heteroatoms. The van der Waals surface area contributed by atoms with Gasteiger partial charge in [0.2, 0.25) is 0 Å². The van der Waals surface area contributed by atoms with Crippen LogP contribution in [0.5, 0.6) is 11.5 Å². The van der Waals surface area contributed by atoms with Crippen LogP contribution in [0.3, 0.4) is 0 Å². The predicted molar refractivity (Wildman–Crippen MR) is 80.3 cm³/mol. The van der Waals surface area contributed by atoms with Gasteiger partial charge in [0.25, 0.3) is 0 Å². The van der Waals surface area contributed by atoms with Crippen molar-refractivity contribution in [1.29, 1.82) is 0 Å². The quantitative estimate of drug-likeness (QED) is 0.590. The fourth-order valence-electron chi connectivity index (χ4n) is 1.51. The van der Waals surface area contributed by atoms with Gasteiger partial charge in [0.05, 0.1) is 14.2 Å². The molecule has 0 saturated heterocycles. The summed E-state index contributed by atoms with van der Waals surface area (Å²) in [6.45, 7) is 1.49. The normalized spacial score (nSPS) is 9.84. The first-order chi connectivity index (χ1) is 9.21. The van der Waals surface area contributed by atoms with Crippen molar-refractivity contribution in [2.24, 2.45) is 0 Å². The second kappa shape index (κ2) is 8.55. The summed E-state index contributed by atoms with van der Waals surface area (Å²) in [7, 11) is 4.89. The van der Waals surface area contributed by atoms with E-state index < -0.39 is 0 Å². The Morgan fingerprint density at radius 1 is 1.16 bits per heavy atom. The van der Waals surface area contributed by atoms with E-state index >= 15 is 0 Å². The topological polar surface area (TPSA) is 51.8 Å². The van der Waals surface area contributed by atoms with Crippen LogP contribution in [0.25, 0.3) is 0 Å². The lowest BCUT2D eigenvalue weighted by Gasteiger charge is -2.13. The molecule has 0 aliphatic rings. The summed E-state index contributed by atoms with van der Waals surface area (Å²) in [5.41, 5.74) is 0.849. The Hall–Kier alpha value is -1.53. The van der Waals surface area contributed by atoms with Crippen LogP contribution < -0.4 is 20.1 Å². The zero-order valence-corrected chi connectivity index (χ0v) is 12.3. The zero-order chi connectivity index (χ0) is 14.1. The minimum Gasteiger partial charge on any atom is -0.493 e. The first-order valence-electron chi connectivity index (χ1n) is 5.97. The molecule has 0 aliphatic carbocycles. The second-order valence-electron chi connectivity index (χ2n) is 3.80. The lowest BCUT2D eigenvalue weighted by Crippen LogP contribution is -2.29. The Morgan fingerprint density at radius 2 is 1.89 bits per heavy atom. The molecule has 0 unspecified atom stereocenters. The largest absolute Gasteiger partial charge is 0.493 e. The molecule has 0 heterocycles. The molecule has 5 nitrogen and oxygen atoms in total. The highest BCUT2D eigenvalue weighted by atomic mass is 32.1. The highest BCUT2D eigenvalue weighted by Gasteiger charge is 2.05. The van der Waals surface area contributed by atoms with E-state index in [1.54, 1.807) is 21.3 Å². The summed E-state index contributed by atoms with van der Waals surface area (Å²) >= 11 is 5.19. The first-order valence-corrected chi connectivity index (χ1v) is 6.38. The third-order valence-electron chi connectivity index (χ3n) is 2.45. The van der Waals surface area contributed by atoms with Gasteiger partial charge in [0, 0.05) is 32.0 Å². The zero-order valence-electron chi connectivity index (χ0n) is 11.5. The molecule has 19 heavy (non-hydrogen) atoms. The van der Waals surface area contributed by atoms with Gasteiger partial charge in [-0.05, 0) is 30.8 Å². The van der Waals surface area contributed by atoms with E-state index in [4.69, 9.17) is 26.4 Å². The summed E-state index contributed by atoms with van der Waals surface area (Å²) in [4.78, 5) is 0. The third kappa shape index (κ3) is 5.32. The fourth-order valence-corrected chi connectivity index (χ4v) is 1.73. The van der Waals surface area contributed by atoms with Crippen LogP contribution in [0.15, 0.2) is 18.2 Å². The first kappa shape index (κ1) is 15.5. The summed E-state index contributed by atoms with van der Waals surface area (Å²) in [6.07, 6.45) is 0.907. The van der Waals surface area contributed by atoms with Gasteiger partial charge in [-0.1, -0.05) is 0 Å². The van der Waals surface area contributed by atoms with Crippen LogP contribution in [-0.2, 0) is 4.74 Å². The highest BCUT2D eigenvalue weighted by molar-refractivity contribution is 7.80. The predicted octanol–water partition coefficient (Wildman–Crippen LogP) is 2.03. The van der Waals surface area contributed by atoms with E-state index in [1.807, 2.05) is 18.2 Å². The highest BCUT2D eigenvalue weighted by Crippen LogP contribution is 2.29. The number of benzene rings is 1. The van der Waals surface area contributed by atoms with Gasteiger partial charge in [-0.3, -0.25) is 0 Å². The molecule has 0 atom stereocenters. The Labute approximate surface area is 119 Å². The maximum Gasteiger partial charge on any atom is 0.170 e. The number of hydrogen-bond acceptors (Lipinski definition) is 4. The number of hydrogen-bond donors (Lipinski definition) is 2. The van der Waals surface area contributed by atoms with E-state index in [0.29, 0.717) is 23.2 Å². The van der Waals surface area contributed by atoms with Crippen LogP contribution in [0, 0.1) is 0 Å². The molecular weight excluding hydrogens is 264 g/mol. The van der Waals surface area contributed by atoms with Gasteiger partial charge in [-0.15, -0.1) is 0 Å². The lowest BCUT2D eigenvalue weighted by molar-refractivity contribution is 0.196. The summed E-state index contributed by atoms with van der Waals surface area (Å²) in [6, 6.07) is 5.54. The molecule has 106 valence electrons. The molecule has 0 amide bonds. The van der Waals surface area contributed by atoms with Gasteiger partial charge in [-0.25, -0.2) is 0 Å². The molecule has 1 aromatic rings. The van der Waals surface area contributed by atoms with Gasteiger partial charge in [-0.2, -0.15) is 0 Å². The van der Waals surface area contributed by atoms with Crippen LogP contribution in [0.2, 0.25) is 0 Å². The van der Waals surface area contributed by atoms with Gasteiger partial charge in [0.1, 0.15) is 0 Å². The molecular formula is C13H20N2O3S. The van der Waals surface area contributed by atoms with Gasteiger partial charge < -0.3 is 24.8 Å². The van der Waals surface area contributed by atoms with Crippen LogP contribution >= 0.6 is 12.2 Å². The Kier molecular flexibility index (Phi) is 6.99. The maximum absolute atomic E-state index is 5.23. The number of rotatable bonds is 7. The van der Waals surface area contributed by atoms with E-state index in [1.165, 1.54) is 0 Å². The molecule has 0 spiro atoms. The molecule has 0 radical (unpaired) electrons. The number of thiocarbonyl (C=S) groups is 1. The van der Waals surface area contributed by atoms with Crippen molar-refractivity contribution >= 4 is 23.0 Å². The van der Waals surface area contributed by atoms with Crippen molar-refractivity contribution in [2.45, 2.75) is 6.42 Å². The van der Waals surface area contributed by atoms with Crippen molar-refractivity contribution in [3.8, 4) is 11.5 Å². The number of methoxy groups -OCH3 is 3. The summed E-state index contributed by atoms with van der Waals surface area (Å²) in [5, 5.41) is 6.76. The smallest absolute Gasteiger partial charge is 0.170 e. The maximum atomic E-state index is 5.23. The van der Waals surface area contributed by atoms with Crippen molar-refractivity contribution in [3.05, 3.63) is 18.2 Å². The molecule has 0 aliphatic heterocycles. The molecule has 0 bridgehead atoms. The minimum absolute atomic E-state index is 0.573. The molecule has 0 aromatic heterocycles. The summed E-state index contributed by atoms with van der Waals surface area (Å²) in [5.74, 6) is 1.35. The van der Waals surface area contributed by atoms with Crippen molar-refractivity contribution < 1.29 is 14.2 Å².